The van der Waals surface area contributed by atoms with Gasteiger partial charge in [-0.1, -0.05) is 24.3 Å². The van der Waals surface area contributed by atoms with E-state index in [1.165, 1.54) is 38.3 Å². The van der Waals surface area contributed by atoms with E-state index in [9.17, 15) is 18.0 Å². The number of amides is 2. The first-order valence-corrected chi connectivity index (χ1v) is 12.1. The molecule has 2 aromatic carbocycles. The lowest BCUT2D eigenvalue weighted by molar-refractivity contribution is -0.139. The molecule has 0 aliphatic rings. The van der Waals surface area contributed by atoms with Crippen molar-refractivity contribution in [2.75, 3.05) is 38.4 Å². The standard InChI is InChI=1S/C23H31N3O6S/c1-16-9-7-8-10-18(16)14-25(17(2)23(28)24-3)22(27)15-26(33(6,29)30)20-12-11-19(31-4)13-21(20)32-5/h7-13,17H,14-15H2,1-6H3,(H,24,28)/t17-/m1/s1. The highest BCUT2D eigenvalue weighted by atomic mass is 32.2. The zero-order valence-corrected chi connectivity index (χ0v) is 20.6. The van der Waals surface area contributed by atoms with Crippen molar-refractivity contribution in [2.45, 2.75) is 26.4 Å². The van der Waals surface area contributed by atoms with Crippen LogP contribution in [0, 0.1) is 6.92 Å². The number of ether oxygens (including phenoxy) is 2. The van der Waals surface area contributed by atoms with Gasteiger partial charge in [-0.2, -0.15) is 0 Å². The fourth-order valence-corrected chi connectivity index (χ4v) is 4.20. The van der Waals surface area contributed by atoms with Gasteiger partial charge in [0.1, 0.15) is 24.1 Å². The zero-order chi connectivity index (χ0) is 24.8. The summed E-state index contributed by atoms with van der Waals surface area (Å²) >= 11 is 0. The molecule has 0 saturated heterocycles. The fraction of sp³-hybridized carbons (Fsp3) is 0.391. The number of sulfonamides is 1. The van der Waals surface area contributed by atoms with E-state index in [0.29, 0.717) is 5.75 Å². The lowest BCUT2D eigenvalue weighted by Gasteiger charge is -2.32. The van der Waals surface area contributed by atoms with E-state index in [4.69, 9.17) is 9.47 Å². The molecular weight excluding hydrogens is 446 g/mol. The Morgan fingerprint density at radius 2 is 1.76 bits per heavy atom. The van der Waals surface area contributed by atoms with E-state index >= 15 is 0 Å². The molecule has 2 aromatic rings. The van der Waals surface area contributed by atoms with E-state index in [-0.39, 0.29) is 23.9 Å². The first-order valence-electron chi connectivity index (χ1n) is 10.3. The molecule has 0 spiro atoms. The van der Waals surface area contributed by atoms with Crippen molar-refractivity contribution in [3.05, 3.63) is 53.6 Å². The van der Waals surface area contributed by atoms with Gasteiger partial charge < -0.3 is 19.7 Å². The molecule has 1 N–H and O–H groups in total. The molecule has 0 bridgehead atoms. The molecule has 0 heterocycles. The molecule has 0 fully saturated rings. The third-order valence-corrected chi connectivity index (χ3v) is 6.48. The summed E-state index contributed by atoms with van der Waals surface area (Å²) in [5, 5.41) is 2.55. The summed E-state index contributed by atoms with van der Waals surface area (Å²) in [5.74, 6) is -0.176. The van der Waals surface area contributed by atoms with Crippen LogP contribution in [-0.2, 0) is 26.2 Å². The molecule has 10 heteroatoms. The second-order valence-electron chi connectivity index (χ2n) is 7.55. The number of aryl methyl sites for hydroxylation is 1. The Kier molecular flexibility index (Phi) is 8.69. The number of nitrogens with one attached hydrogen (secondary N) is 1. The highest BCUT2D eigenvalue weighted by molar-refractivity contribution is 7.92. The van der Waals surface area contributed by atoms with Gasteiger partial charge >= 0.3 is 0 Å². The Balaban J connectivity index is 2.47. The van der Waals surface area contributed by atoms with Crippen LogP contribution in [0.25, 0.3) is 0 Å². The Hall–Kier alpha value is -3.27. The average molecular weight is 478 g/mol. The van der Waals surface area contributed by atoms with Gasteiger partial charge in [0.2, 0.25) is 21.8 Å². The Morgan fingerprint density at radius 3 is 2.30 bits per heavy atom. The summed E-state index contributed by atoms with van der Waals surface area (Å²) in [6.45, 7) is 3.16. The highest BCUT2D eigenvalue weighted by Gasteiger charge is 2.31. The molecular formula is C23H31N3O6S. The van der Waals surface area contributed by atoms with E-state index in [1.54, 1.807) is 13.0 Å². The van der Waals surface area contributed by atoms with Gasteiger partial charge in [0.15, 0.2) is 0 Å². The van der Waals surface area contributed by atoms with E-state index in [1.807, 2.05) is 31.2 Å². The summed E-state index contributed by atoms with van der Waals surface area (Å²) in [5.41, 5.74) is 2.00. The molecule has 0 saturated carbocycles. The van der Waals surface area contributed by atoms with Crippen molar-refractivity contribution in [1.82, 2.24) is 10.2 Å². The second-order valence-corrected chi connectivity index (χ2v) is 9.45. The topological polar surface area (TPSA) is 105 Å². The maximum absolute atomic E-state index is 13.4. The quantitative estimate of drug-likeness (QED) is 0.561. The minimum absolute atomic E-state index is 0.150. The molecule has 2 amide bonds. The van der Waals surface area contributed by atoms with Crippen LogP contribution in [0.3, 0.4) is 0 Å². The maximum atomic E-state index is 13.4. The highest BCUT2D eigenvalue weighted by Crippen LogP contribution is 2.33. The number of hydrogen-bond acceptors (Lipinski definition) is 6. The minimum Gasteiger partial charge on any atom is -0.497 e. The van der Waals surface area contributed by atoms with Gasteiger partial charge in [0.25, 0.3) is 0 Å². The number of rotatable bonds is 10. The van der Waals surface area contributed by atoms with Gasteiger partial charge in [0.05, 0.1) is 26.2 Å². The van der Waals surface area contributed by atoms with Crippen LogP contribution in [0.4, 0.5) is 5.69 Å². The smallest absolute Gasteiger partial charge is 0.244 e. The lowest BCUT2D eigenvalue weighted by atomic mass is 10.1. The van der Waals surface area contributed by atoms with E-state index < -0.39 is 28.5 Å². The molecule has 180 valence electrons. The molecule has 2 rings (SSSR count). The van der Waals surface area contributed by atoms with Crippen LogP contribution in [-0.4, -0.2) is 65.2 Å². The predicted molar refractivity (Wildman–Crippen MR) is 127 cm³/mol. The number of hydrogen-bond donors (Lipinski definition) is 1. The molecule has 33 heavy (non-hydrogen) atoms. The Labute approximate surface area is 195 Å². The van der Waals surface area contributed by atoms with Crippen molar-refractivity contribution < 1.29 is 27.5 Å². The number of likely N-dealkylation sites (N-methyl/N-ethyl adjacent to an activating group) is 1. The van der Waals surface area contributed by atoms with Crippen LogP contribution >= 0.6 is 0 Å². The first kappa shape index (κ1) is 26.0. The summed E-state index contributed by atoms with van der Waals surface area (Å²) < 4.78 is 36.8. The predicted octanol–water partition coefficient (Wildman–Crippen LogP) is 1.94. The van der Waals surface area contributed by atoms with Crippen molar-refractivity contribution in [2.24, 2.45) is 0 Å². The molecule has 0 aliphatic heterocycles. The van der Waals surface area contributed by atoms with Gasteiger partial charge in [-0.3, -0.25) is 13.9 Å². The third-order valence-electron chi connectivity index (χ3n) is 5.35. The van der Waals surface area contributed by atoms with Crippen molar-refractivity contribution in [3.63, 3.8) is 0 Å². The third kappa shape index (κ3) is 6.38. The Bertz CT molecular complexity index is 1100. The fourth-order valence-electron chi connectivity index (χ4n) is 3.35. The summed E-state index contributed by atoms with van der Waals surface area (Å²) in [4.78, 5) is 27.2. The van der Waals surface area contributed by atoms with Crippen molar-refractivity contribution in [3.8, 4) is 11.5 Å². The number of carbonyl (C=O) groups excluding carboxylic acids is 2. The first-order chi connectivity index (χ1) is 15.5. The summed E-state index contributed by atoms with van der Waals surface area (Å²) in [6.07, 6.45) is 1.01. The normalized spacial score (nSPS) is 11.9. The van der Waals surface area contributed by atoms with Crippen LogP contribution in [0.2, 0.25) is 0 Å². The molecule has 1 atom stereocenters. The SMILES string of the molecule is CNC(=O)[C@@H](C)N(Cc1ccccc1C)C(=O)CN(c1ccc(OC)cc1OC)S(C)(=O)=O. The zero-order valence-electron chi connectivity index (χ0n) is 19.8. The van der Waals surface area contributed by atoms with Crippen molar-refractivity contribution in [1.29, 1.82) is 0 Å². The molecule has 0 aliphatic carbocycles. The van der Waals surface area contributed by atoms with E-state index in [0.717, 1.165) is 21.7 Å². The van der Waals surface area contributed by atoms with Gasteiger partial charge in [-0.15, -0.1) is 0 Å². The molecule has 9 nitrogen and oxygen atoms in total. The summed E-state index contributed by atoms with van der Waals surface area (Å²) in [6, 6.07) is 11.3. The molecule has 0 unspecified atom stereocenters. The number of methoxy groups -OCH3 is 2. The van der Waals surface area contributed by atoms with Gasteiger partial charge in [-0.05, 0) is 37.1 Å². The molecule has 0 radical (unpaired) electrons. The van der Waals surface area contributed by atoms with Crippen LogP contribution in [0.1, 0.15) is 18.1 Å². The number of benzene rings is 2. The second kappa shape index (κ2) is 11.0. The largest absolute Gasteiger partial charge is 0.497 e. The number of nitrogens with zero attached hydrogens (tertiary/aromatic N) is 2. The monoisotopic (exact) mass is 477 g/mol. The Morgan fingerprint density at radius 1 is 1.09 bits per heavy atom. The van der Waals surface area contributed by atoms with Crippen LogP contribution in [0.15, 0.2) is 42.5 Å². The van der Waals surface area contributed by atoms with E-state index in [2.05, 4.69) is 5.32 Å². The molecule has 0 aromatic heterocycles. The lowest BCUT2D eigenvalue weighted by Crippen LogP contribution is -2.50. The number of carbonyl (C=O) groups is 2. The number of anilines is 1. The van der Waals surface area contributed by atoms with Crippen LogP contribution in [0.5, 0.6) is 11.5 Å². The maximum Gasteiger partial charge on any atom is 0.244 e. The minimum atomic E-state index is -3.87. The summed E-state index contributed by atoms with van der Waals surface area (Å²) in [7, 11) is 0.503. The van der Waals surface area contributed by atoms with Gasteiger partial charge in [0, 0.05) is 19.7 Å². The van der Waals surface area contributed by atoms with Gasteiger partial charge in [-0.25, -0.2) is 8.42 Å². The van der Waals surface area contributed by atoms with Crippen molar-refractivity contribution >= 4 is 27.5 Å². The average Bonchev–Trinajstić information content (AvgIpc) is 2.79. The van der Waals surface area contributed by atoms with Crippen LogP contribution < -0.4 is 19.1 Å².